The van der Waals surface area contributed by atoms with Gasteiger partial charge >= 0.3 is 0 Å². The molecule has 120 valence electrons. The van der Waals surface area contributed by atoms with Crippen LogP contribution in [0.5, 0.6) is 5.75 Å². The summed E-state index contributed by atoms with van der Waals surface area (Å²) in [6.07, 6.45) is 2.47. The number of ether oxygens (including phenoxy) is 1. The van der Waals surface area contributed by atoms with Crippen LogP contribution in [0.25, 0.3) is 10.8 Å². The lowest BCUT2D eigenvalue weighted by molar-refractivity contribution is 0.180. The molecule has 0 atom stereocenters. The molecule has 0 spiro atoms. The Morgan fingerprint density at radius 3 is 2.45 bits per heavy atom. The first-order valence-electron chi connectivity index (χ1n) is 7.77. The number of hydrogen-bond donors (Lipinski definition) is 1. The number of nitrogens with zero attached hydrogens (tertiary/aromatic N) is 1. The number of rotatable bonds is 4. The first-order chi connectivity index (χ1) is 10.3. The minimum Gasteiger partial charge on any atom is -0.497 e. The largest absolute Gasteiger partial charge is 0.497 e. The Labute approximate surface area is 138 Å². The van der Waals surface area contributed by atoms with E-state index in [1.54, 1.807) is 7.11 Å². The number of likely N-dealkylation sites (tertiary alicyclic amines) is 1. The summed E-state index contributed by atoms with van der Waals surface area (Å²) < 4.78 is 5.28. The van der Waals surface area contributed by atoms with Crippen LogP contribution in [0, 0.1) is 5.92 Å². The Bertz CT molecular complexity index is 609. The minimum atomic E-state index is 0. The molecule has 1 fully saturated rings. The van der Waals surface area contributed by atoms with Crippen LogP contribution in [0.1, 0.15) is 18.4 Å². The molecule has 0 saturated carbocycles. The highest BCUT2D eigenvalue weighted by molar-refractivity contribution is 5.85. The van der Waals surface area contributed by atoms with Crippen molar-refractivity contribution in [1.82, 2.24) is 4.90 Å². The molecule has 22 heavy (non-hydrogen) atoms. The van der Waals surface area contributed by atoms with Gasteiger partial charge < -0.3 is 10.5 Å². The zero-order chi connectivity index (χ0) is 14.7. The highest BCUT2D eigenvalue weighted by atomic mass is 35.5. The number of halogens is 1. The number of piperidine rings is 1. The van der Waals surface area contributed by atoms with E-state index in [2.05, 4.69) is 35.2 Å². The third-order valence-electron chi connectivity index (χ3n) is 4.56. The van der Waals surface area contributed by atoms with Gasteiger partial charge in [-0.15, -0.1) is 12.4 Å². The number of methoxy groups -OCH3 is 1. The second-order valence-corrected chi connectivity index (χ2v) is 6.00. The van der Waals surface area contributed by atoms with E-state index >= 15 is 0 Å². The fourth-order valence-electron chi connectivity index (χ4n) is 3.14. The van der Waals surface area contributed by atoms with Crippen molar-refractivity contribution in [2.24, 2.45) is 11.7 Å². The summed E-state index contributed by atoms with van der Waals surface area (Å²) in [6, 6.07) is 13.0. The molecule has 2 N–H and O–H groups in total. The SMILES string of the molecule is COc1ccc2cc(CN3CCC(CN)CC3)ccc2c1.Cl. The van der Waals surface area contributed by atoms with Gasteiger partial charge in [0.2, 0.25) is 0 Å². The Kier molecular flexibility index (Phi) is 6.07. The Hall–Kier alpha value is -1.29. The van der Waals surface area contributed by atoms with E-state index in [0.29, 0.717) is 0 Å². The maximum absolute atomic E-state index is 5.76. The first-order valence-corrected chi connectivity index (χ1v) is 7.77. The van der Waals surface area contributed by atoms with Gasteiger partial charge in [-0.25, -0.2) is 0 Å². The van der Waals surface area contributed by atoms with Crippen LogP contribution in [0.15, 0.2) is 36.4 Å². The molecule has 1 aliphatic rings. The van der Waals surface area contributed by atoms with E-state index in [-0.39, 0.29) is 12.4 Å². The van der Waals surface area contributed by atoms with Crippen LogP contribution in [-0.4, -0.2) is 31.6 Å². The number of benzene rings is 2. The summed E-state index contributed by atoms with van der Waals surface area (Å²) in [6.45, 7) is 4.22. The van der Waals surface area contributed by atoms with E-state index in [1.165, 1.54) is 42.3 Å². The van der Waals surface area contributed by atoms with Crippen molar-refractivity contribution >= 4 is 23.2 Å². The lowest BCUT2D eigenvalue weighted by Gasteiger charge is -2.31. The molecule has 3 rings (SSSR count). The van der Waals surface area contributed by atoms with E-state index < -0.39 is 0 Å². The number of hydrogen-bond acceptors (Lipinski definition) is 3. The normalized spacial score (nSPS) is 16.5. The van der Waals surface area contributed by atoms with Crippen molar-refractivity contribution in [1.29, 1.82) is 0 Å². The highest BCUT2D eigenvalue weighted by Crippen LogP contribution is 2.23. The fraction of sp³-hybridized carbons (Fsp3) is 0.444. The number of fused-ring (bicyclic) bond motifs is 1. The molecule has 0 bridgehead atoms. The van der Waals surface area contributed by atoms with Crippen LogP contribution < -0.4 is 10.5 Å². The lowest BCUT2D eigenvalue weighted by atomic mass is 9.96. The third-order valence-corrected chi connectivity index (χ3v) is 4.56. The second kappa shape index (κ2) is 7.82. The summed E-state index contributed by atoms with van der Waals surface area (Å²) in [4.78, 5) is 2.54. The summed E-state index contributed by atoms with van der Waals surface area (Å²) >= 11 is 0. The fourth-order valence-corrected chi connectivity index (χ4v) is 3.14. The van der Waals surface area contributed by atoms with Gasteiger partial charge in [0.05, 0.1) is 7.11 Å². The van der Waals surface area contributed by atoms with Crippen LogP contribution in [0.2, 0.25) is 0 Å². The zero-order valence-electron chi connectivity index (χ0n) is 13.1. The number of nitrogens with two attached hydrogens (primary N) is 1. The molecule has 0 aromatic heterocycles. The Balaban J connectivity index is 0.00000176. The topological polar surface area (TPSA) is 38.5 Å². The smallest absolute Gasteiger partial charge is 0.119 e. The molecule has 0 aliphatic carbocycles. The molecule has 1 heterocycles. The van der Waals surface area contributed by atoms with Crippen molar-refractivity contribution in [3.63, 3.8) is 0 Å². The minimum absolute atomic E-state index is 0. The molecule has 4 heteroatoms. The molecule has 0 unspecified atom stereocenters. The molecule has 1 aliphatic heterocycles. The quantitative estimate of drug-likeness (QED) is 0.938. The second-order valence-electron chi connectivity index (χ2n) is 6.00. The summed E-state index contributed by atoms with van der Waals surface area (Å²) in [7, 11) is 1.71. The maximum Gasteiger partial charge on any atom is 0.119 e. The monoisotopic (exact) mass is 320 g/mol. The molecule has 2 aromatic rings. The molecular formula is C18H25ClN2O. The van der Waals surface area contributed by atoms with Crippen molar-refractivity contribution in [3.8, 4) is 5.75 Å². The van der Waals surface area contributed by atoms with Crippen molar-refractivity contribution < 1.29 is 4.74 Å². The molecule has 0 radical (unpaired) electrons. The third kappa shape index (κ3) is 3.92. The van der Waals surface area contributed by atoms with Gasteiger partial charge in [-0.1, -0.05) is 18.2 Å². The van der Waals surface area contributed by atoms with Gasteiger partial charge in [0.25, 0.3) is 0 Å². The van der Waals surface area contributed by atoms with Gasteiger partial charge in [0, 0.05) is 6.54 Å². The van der Waals surface area contributed by atoms with Gasteiger partial charge in [-0.3, -0.25) is 4.90 Å². The molecule has 2 aromatic carbocycles. The van der Waals surface area contributed by atoms with Gasteiger partial charge in [-0.2, -0.15) is 0 Å². The summed E-state index contributed by atoms with van der Waals surface area (Å²) in [5.41, 5.74) is 7.15. The molecule has 0 amide bonds. The predicted molar refractivity (Wildman–Crippen MR) is 94.8 cm³/mol. The highest BCUT2D eigenvalue weighted by Gasteiger charge is 2.17. The molecule has 3 nitrogen and oxygen atoms in total. The Morgan fingerprint density at radius 1 is 1.09 bits per heavy atom. The van der Waals surface area contributed by atoms with Gasteiger partial charge in [-0.05, 0) is 72.9 Å². The lowest BCUT2D eigenvalue weighted by Crippen LogP contribution is -2.35. The van der Waals surface area contributed by atoms with E-state index in [4.69, 9.17) is 10.5 Å². The van der Waals surface area contributed by atoms with Crippen molar-refractivity contribution in [2.45, 2.75) is 19.4 Å². The van der Waals surface area contributed by atoms with E-state index in [1.807, 2.05) is 6.07 Å². The van der Waals surface area contributed by atoms with Crippen molar-refractivity contribution in [3.05, 3.63) is 42.0 Å². The predicted octanol–water partition coefficient (Wildman–Crippen LogP) is 3.44. The Morgan fingerprint density at radius 2 is 1.77 bits per heavy atom. The molecule has 1 saturated heterocycles. The summed E-state index contributed by atoms with van der Waals surface area (Å²) in [5, 5.41) is 2.52. The van der Waals surface area contributed by atoms with Crippen LogP contribution in [0.3, 0.4) is 0 Å². The zero-order valence-corrected chi connectivity index (χ0v) is 13.9. The van der Waals surface area contributed by atoms with Crippen LogP contribution >= 0.6 is 12.4 Å². The van der Waals surface area contributed by atoms with Gasteiger partial charge in [0.15, 0.2) is 0 Å². The van der Waals surface area contributed by atoms with Crippen LogP contribution in [-0.2, 0) is 6.54 Å². The molecular weight excluding hydrogens is 296 g/mol. The standard InChI is InChI=1S/C18H24N2O.ClH/c1-21-18-5-4-16-10-15(2-3-17(16)11-18)13-20-8-6-14(12-19)7-9-20;/h2-5,10-11,14H,6-9,12-13,19H2,1H3;1H. The van der Waals surface area contributed by atoms with Crippen molar-refractivity contribution in [2.75, 3.05) is 26.7 Å². The maximum atomic E-state index is 5.76. The average molecular weight is 321 g/mol. The van der Waals surface area contributed by atoms with Gasteiger partial charge in [0.1, 0.15) is 5.75 Å². The van der Waals surface area contributed by atoms with Crippen LogP contribution in [0.4, 0.5) is 0 Å². The van der Waals surface area contributed by atoms with E-state index in [9.17, 15) is 0 Å². The average Bonchev–Trinajstić information content (AvgIpc) is 2.55. The first kappa shape index (κ1) is 17.1. The van der Waals surface area contributed by atoms with E-state index in [0.717, 1.165) is 24.8 Å². The summed E-state index contributed by atoms with van der Waals surface area (Å²) in [5.74, 6) is 1.64.